The maximum atomic E-state index is 10.4. The molecular weight excluding hydrogens is 286 g/mol. The topological polar surface area (TPSA) is 101 Å². The summed E-state index contributed by atoms with van der Waals surface area (Å²) in [7, 11) is 0. The van der Waals surface area contributed by atoms with Crippen LogP contribution in [0, 0.1) is 6.92 Å². The number of hydrogen-bond donors (Lipinski definition) is 2. The van der Waals surface area contributed by atoms with Crippen molar-refractivity contribution in [2.75, 3.05) is 6.54 Å². The van der Waals surface area contributed by atoms with E-state index in [-0.39, 0.29) is 6.42 Å². The van der Waals surface area contributed by atoms with E-state index >= 15 is 0 Å². The fraction of sp³-hybridized carbons (Fsp3) is 0.267. The maximum Gasteiger partial charge on any atom is 0.304 e. The van der Waals surface area contributed by atoms with E-state index in [1.807, 2.05) is 24.3 Å². The molecule has 22 heavy (non-hydrogen) atoms. The summed E-state index contributed by atoms with van der Waals surface area (Å²) >= 11 is 0. The lowest BCUT2D eigenvalue weighted by Gasteiger charge is -1.98. The second-order valence-electron chi connectivity index (χ2n) is 4.92. The summed E-state index contributed by atoms with van der Waals surface area (Å²) in [5, 5.41) is 16.4. The van der Waals surface area contributed by atoms with Gasteiger partial charge in [-0.3, -0.25) is 4.79 Å². The molecule has 7 nitrogen and oxygen atoms in total. The molecule has 2 aromatic heterocycles. The minimum Gasteiger partial charge on any atom is -0.481 e. The first kappa shape index (κ1) is 14.3. The first-order chi connectivity index (χ1) is 10.6. The maximum absolute atomic E-state index is 10.4. The summed E-state index contributed by atoms with van der Waals surface area (Å²) in [5.41, 5.74) is 1.62. The van der Waals surface area contributed by atoms with Crippen molar-refractivity contribution in [3.05, 3.63) is 35.9 Å². The van der Waals surface area contributed by atoms with Crippen LogP contribution in [0.15, 0.2) is 33.2 Å². The lowest BCUT2D eigenvalue weighted by atomic mass is 10.1. The molecule has 3 rings (SSSR count). The first-order valence-electron chi connectivity index (χ1n) is 6.87. The highest BCUT2D eigenvalue weighted by Gasteiger charge is 2.09. The van der Waals surface area contributed by atoms with E-state index in [1.54, 1.807) is 6.92 Å². The quantitative estimate of drug-likeness (QED) is 0.674. The van der Waals surface area contributed by atoms with Crippen LogP contribution in [0.1, 0.15) is 18.1 Å². The molecule has 3 aromatic rings. The molecule has 2 N–H and O–H groups in total. The predicted octanol–water partition coefficient (Wildman–Crippen LogP) is 2.36. The summed E-state index contributed by atoms with van der Waals surface area (Å²) in [4.78, 5) is 14.6. The Balaban J connectivity index is 1.74. The molecule has 0 amide bonds. The van der Waals surface area contributed by atoms with Gasteiger partial charge in [-0.25, -0.2) is 0 Å². The van der Waals surface area contributed by atoms with Gasteiger partial charge in [0.1, 0.15) is 11.3 Å². The van der Waals surface area contributed by atoms with Crippen LogP contribution in [0.5, 0.6) is 0 Å². The van der Waals surface area contributed by atoms with Gasteiger partial charge in [0.25, 0.3) is 0 Å². The van der Waals surface area contributed by atoms with Crippen molar-refractivity contribution in [1.29, 1.82) is 0 Å². The molecule has 1 aromatic carbocycles. The van der Waals surface area contributed by atoms with Gasteiger partial charge in [0.05, 0.1) is 13.0 Å². The number of nitrogens with one attached hydrogen (secondary N) is 1. The first-order valence-corrected chi connectivity index (χ1v) is 6.87. The number of carbonyl (C=O) groups is 1. The highest BCUT2D eigenvalue weighted by atomic mass is 16.5. The third kappa shape index (κ3) is 3.15. The number of aryl methyl sites for hydroxylation is 1. The van der Waals surface area contributed by atoms with Crippen molar-refractivity contribution >= 4 is 16.9 Å². The van der Waals surface area contributed by atoms with Crippen LogP contribution in [0.3, 0.4) is 0 Å². The van der Waals surface area contributed by atoms with Crippen molar-refractivity contribution in [2.45, 2.75) is 19.9 Å². The van der Waals surface area contributed by atoms with Gasteiger partial charge in [0.15, 0.2) is 0 Å². The summed E-state index contributed by atoms with van der Waals surface area (Å²) in [6, 6.07) is 7.58. The second kappa shape index (κ2) is 5.98. The summed E-state index contributed by atoms with van der Waals surface area (Å²) in [5.74, 6) is 0.992. The zero-order chi connectivity index (χ0) is 15.5. The smallest absolute Gasteiger partial charge is 0.304 e. The van der Waals surface area contributed by atoms with Gasteiger partial charge in [-0.1, -0.05) is 5.16 Å². The van der Waals surface area contributed by atoms with E-state index in [9.17, 15) is 4.79 Å². The monoisotopic (exact) mass is 301 g/mol. The van der Waals surface area contributed by atoms with Crippen LogP contribution in [0.2, 0.25) is 0 Å². The lowest BCUT2D eigenvalue weighted by Crippen LogP contribution is -2.17. The zero-order valence-corrected chi connectivity index (χ0v) is 12.0. The van der Waals surface area contributed by atoms with Crippen molar-refractivity contribution < 1.29 is 18.8 Å². The van der Waals surface area contributed by atoms with Gasteiger partial charge in [-0.05, 0) is 24.3 Å². The Labute approximate surface area is 125 Å². The largest absolute Gasteiger partial charge is 0.481 e. The van der Waals surface area contributed by atoms with E-state index in [0.29, 0.717) is 24.8 Å². The van der Waals surface area contributed by atoms with Gasteiger partial charge in [0, 0.05) is 24.4 Å². The molecule has 0 aliphatic carbocycles. The molecule has 0 radical (unpaired) electrons. The van der Waals surface area contributed by atoms with Crippen LogP contribution in [0.4, 0.5) is 0 Å². The standard InChI is InChI=1S/C15H15N3O4/c1-9-17-15(18-22-9)10-2-3-13-11(6-10)7-12(21-13)8-16-5-4-14(19)20/h2-3,6-7,16H,4-5,8H2,1H3,(H,19,20). The Morgan fingerprint density at radius 1 is 1.36 bits per heavy atom. The van der Waals surface area contributed by atoms with Gasteiger partial charge in [-0.2, -0.15) is 4.98 Å². The molecule has 0 saturated heterocycles. The number of carboxylic acids is 1. The Hall–Kier alpha value is -2.67. The van der Waals surface area contributed by atoms with Crippen molar-refractivity contribution in [2.24, 2.45) is 0 Å². The Morgan fingerprint density at radius 3 is 2.95 bits per heavy atom. The number of rotatable bonds is 6. The second-order valence-corrected chi connectivity index (χ2v) is 4.92. The number of carboxylic acid groups (broad SMARTS) is 1. The highest BCUT2D eigenvalue weighted by Crippen LogP contribution is 2.25. The van der Waals surface area contributed by atoms with Gasteiger partial charge < -0.3 is 19.4 Å². The number of aromatic nitrogens is 2. The van der Waals surface area contributed by atoms with Crippen LogP contribution in [0.25, 0.3) is 22.4 Å². The fourth-order valence-corrected chi connectivity index (χ4v) is 2.15. The molecule has 7 heteroatoms. The van der Waals surface area contributed by atoms with E-state index in [0.717, 1.165) is 22.3 Å². The highest BCUT2D eigenvalue weighted by molar-refractivity contribution is 5.82. The predicted molar refractivity (Wildman–Crippen MR) is 78.2 cm³/mol. The molecule has 0 aliphatic heterocycles. The summed E-state index contributed by atoms with van der Waals surface area (Å²) in [6.45, 7) is 2.63. The zero-order valence-electron chi connectivity index (χ0n) is 12.0. The van der Waals surface area contributed by atoms with E-state index in [1.165, 1.54) is 0 Å². The summed E-state index contributed by atoms with van der Waals surface area (Å²) in [6.07, 6.45) is 0.0849. The van der Waals surface area contributed by atoms with Crippen LogP contribution in [-0.2, 0) is 11.3 Å². The summed E-state index contributed by atoms with van der Waals surface area (Å²) < 4.78 is 10.7. The molecule has 0 spiro atoms. The number of hydrogen-bond acceptors (Lipinski definition) is 6. The number of nitrogens with zero attached hydrogens (tertiary/aromatic N) is 2. The minimum absolute atomic E-state index is 0.0849. The van der Waals surface area contributed by atoms with Crippen LogP contribution < -0.4 is 5.32 Å². The number of fused-ring (bicyclic) bond motifs is 1. The fourth-order valence-electron chi connectivity index (χ4n) is 2.15. The molecule has 0 unspecified atom stereocenters. The average molecular weight is 301 g/mol. The van der Waals surface area contributed by atoms with Crippen LogP contribution in [-0.4, -0.2) is 27.8 Å². The molecule has 0 aliphatic rings. The van der Waals surface area contributed by atoms with Crippen molar-refractivity contribution in [3.8, 4) is 11.4 Å². The normalized spacial score (nSPS) is 11.1. The number of benzene rings is 1. The number of furan rings is 1. The van der Waals surface area contributed by atoms with Crippen molar-refractivity contribution in [3.63, 3.8) is 0 Å². The minimum atomic E-state index is -0.822. The average Bonchev–Trinajstić information content (AvgIpc) is 3.08. The SMILES string of the molecule is Cc1nc(-c2ccc3oc(CNCCC(=O)O)cc3c2)no1. The molecule has 0 fully saturated rings. The molecule has 0 atom stereocenters. The molecule has 114 valence electrons. The third-order valence-electron chi connectivity index (χ3n) is 3.17. The Morgan fingerprint density at radius 2 is 2.23 bits per heavy atom. The number of aliphatic carboxylic acids is 1. The van der Waals surface area contributed by atoms with E-state index in [2.05, 4.69) is 15.5 Å². The molecule has 2 heterocycles. The Kier molecular flexibility index (Phi) is 3.88. The van der Waals surface area contributed by atoms with E-state index in [4.69, 9.17) is 14.0 Å². The van der Waals surface area contributed by atoms with Gasteiger partial charge in [-0.15, -0.1) is 0 Å². The molecule has 0 saturated carbocycles. The van der Waals surface area contributed by atoms with E-state index < -0.39 is 5.97 Å². The Bertz CT molecular complexity index is 806. The van der Waals surface area contributed by atoms with Gasteiger partial charge >= 0.3 is 5.97 Å². The van der Waals surface area contributed by atoms with Gasteiger partial charge in [0.2, 0.25) is 11.7 Å². The van der Waals surface area contributed by atoms with Crippen LogP contribution >= 0.6 is 0 Å². The third-order valence-corrected chi connectivity index (χ3v) is 3.17. The van der Waals surface area contributed by atoms with Crippen molar-refractivity contribution in [1.82, 2.24) is 15.5 Å². The molecule has 0 bridgehead atoms. The molecular formula is C15H15N3O4. The lowest BCUT2D eigenvalue weighted by molar-refractivity contribution is -0.136.